The summed E-state index contributed by atoms with van der Waals surface area (Å²) >= 11 is 0. The van der Waals surface area contributed by atoms with Gasteiger partial charge in [-0.25, -0.2) is 0 Å². The van der Waals surface area contributed by atoms with Crippen molar-refractivity contribution in [1.29, 1.82) is 0 Å². The lowest BCUT2D eigenvalue weighted by Gasteiger charge is -2.13. The highest BCUT2D eigenvalue weighted by atomic mass is 16.6. The number of nitro benzene ring substituents is 1. The number of para-hydroxylation sites is 1. The fraction of sp³-hybridized carbons (Fsp3) is 0.263. The van der Waals surface area contributed by atoms with Crippen molar-refractivity contribution < 1.29 is 19.2 Å². The molecule has 0 aliphatic carbocycles. The fourth-order valence-electron chi connectivity index (χ4n) is 2.52. The van der Waals surface area contributed by atoms with Crippen LogP contribution in [-0.4, -0.2) is 16.7 Å². The highest BCUT2D eigenvalue weighted by Gasteiger charge is 2.26. The van der Waals surface area contributed by atoms with Crippen molar-refractivity contribution in [2.75, 3.05) is 0 Å². The van der Waals surface area contributed by atoms with E-state index < -0.39 is 16.8 Å². The summed E-state index contributed by atoms with van der Waals surface area (Å²) in [5.41, 5.74) is 1.31. The first kappa shape index (κ1) is 18.3. The van der Waals surface area contributed by atoms with E-state index in [0.29, 0.717) is 5.56 Å². The average molecular weight is 341 g/mol. The number of nitrogens with zero attached hydrogens (tertiary/aromatic N) is 1. The van der Waals surface area contributed by atoms with Crippen LogP contribution in [0, 0.1) is 16.0 Å². The molecule has 0 saturated carbocycles. The van der Waals surface area contributed by atoms with Crippen LogP contribution >= 0.6 is 0 Å². The Morgan fingerprint density at radius 2 is 1.72 bits per heavy atom. The molecule has 2 aromatic carbocycles. The second-order valence-electron chi connectivity index (χ2n) is 5.68. The maximum absolute atomic E-state index is 12.2. The number of nitro groups is 1. The van der Waals surface area contributed by atoms with Crippen molar-refractivity contribution in [1.82, 2.24) is 0 Å². The molecular formula is C19H19NO5. The van der Waals surface area contributed by atoms with Gasteiger partial charge in [0.05, 0.1) is 4.92 Å². The number of ether oxygens (including phenoxy) is 1. The standard InChI is InChI=1S/C19H19NO5/c1-14(21)17(19(22)25-13-15-7-3-2-4-8-15)12-11-16-9-5-6-10-18(16)20(23)24/h2-10,17H,11-13H2,1H3. The first-order valence-electron chi connectivity index (χ1n) is 7.92. The van der Waals surface area contributed by atoms with Gasteiger partial charge in [0, 0.05) is 11.6 Å². The van der Waals surface area contributed by atoms with E-state index in [1.807, 2.05) is 30.3 Å². The Hall–Kier alpha value is -3.02. The zero-order chi connectivity index (χ0) is 18.2. The molecule has 0 heterocycles. The first-order valence-corrected chi connectivity index (χ1v) is 7.92. The van der Waals surface area contributed by atoms with Gasteiger partial charge in [0.1, 0.15) is 18.3 Å². The summed E-state index contributed by atoms with van der Waals surface area (Å²) in [4.78, 5) is 34.6. The minimum Gasteiger partial charge on any atom is -0.460 e. The molecule has 0 aromatic heterocycles. The van der Waals surface area contributed by atoms with Gasteiger partial charge in [-0.1, -0.05) is 48.5 Å². The van der Waals surface area contributed by atoms with E-state index in [0.717, 1.165) is 5.56 Å². The van der Waals surface area contributed by atoms with Crippen molar-refractivity contribution in [2.24, 2.45) is 5.92 Å². The molecule has 2 aromatic rings. The summed E-state index contributed by atoms with van der Waals surface area (Å²) in [7, 11) is 0. The van der Waals surface area contributed by atoms with Crippen molar-refractivity contribution in [3.05, 3.63) is 75.8 Å². The van der Waals surface area contributed by atoms with Gasteiger partial charge in [-0.05, 0) is 25.3 Å². The first-order chi connectivity index (χ1) is 12.0. The normalized spacial score (nSPS) is 11.6. The lowest BCUT2D eigenvalue weighted by atomic mass is 9.95. The molecule has 0 N–H and O–H groups in total. The van der Waals surface area contributed by atoms with E-state index in [-0.39, 0.29) is 30.9 Å². The summed E-state index contributed by atoms with van der Waals surface area (Å²) in [5, 5.41) is 11.0. The number of hydrogen-bond acceptors (Lipinski definition) is 5. The smallest absolute Gasteiger partial charge is 0.316 e. The molecule has 6 nitrogen and oxygen atoms in total. The minimum absolute atomic E-state index is 0.0116. The largest absolute Gasteiger partial charge is 0.460 e. The molecule has 130 valence electrons. The zero-order valence-electron chi connectivity index (χ0n) is 13.9. The van der Waals surface area contributed by atoms with Gasteiger partial charge in [-0.3, -0.25) is 19.7 Å². The molecular weight excluding hydrogens is 322 g/mol. The number of benzene rings is 2. The van der Waals surface area contributed by atoms with Crippen molar-refractivity contribution in [2.45, 2.75) is 26.4 Å². The summed E-state index contributed by atoms with van der Waals surface area (Å²) in [5.74, 6) is -1.84. The molecule has 0 amide bonds. The summed E-state index contributed by atoms with van der Waals surface area (Å²) in [6, 6.07) is 15.5. The molecule has 25 heavy (non-hydrogen) atoms. The SMILES string of the molecule is CC(=O)C(CCc1ccccc1[N+](=O)[O-])C(=O)OCc1ccccc1. The Morgan fingerprint density at radius 1 is 1.08 bits per heavy atom. The highest BCUT2D eigenvalue weighted by Crippen LogP contribution is 2.22. The predicted molar refractivity (Wildman–Crippen MR) is 91.8 cm³/mol. The summed E-state index contributed by atoms with van der Waals surface area (Å²) in [6.45, 7) is 1.42. The average Bonchev–Trinajstić information content (AvgIpc) is 2.61. The van der Waals surface area contributed by atoms with Crippen LogP contribution in [0.3, 0.4) is 0 Å². The number of carbonyl (C=O) groups is 2. The van der Waals surface area contributed by atoms with E-state index in [4.69, 9.17) is 4.74 Å². The molecule has 0 aliphatic heterocycles. The van der Waals surface area contributed by atoms with Gasteiger partial charge < -0.3 is 4.74 Å². The minimum atomic E-state index is -0.927. The monoisotopic (exact) mass is 341 g/mol. The Morgan fingerprint density at radius 3 is 2.36 bits per heavy atom. The predicted octanol–water partition coefficient (Wildman–Crippen LogP) is 3.48. The van der Waals surface area contributed by atoms with E-state index >= 15 is 0 Å². The second-order valence-corrected chi connectivity index (χ2v) is 5.68. The van der Waals surface area contributed by atoms with Crippen LogP contribution < -0.4 is 0 Å². The number of ketones is 1. The zero-order valence-corrected chi connectivity index (χ0v) is 13.9. The summed E-state index contributed by atoms with van der Waals surface area (Å²) in [6.07, 6.45) is 0.426. The van der Waals surface area contributed by atoms with Crippen LogP contribution in [0.5, 0.6) is 0 Å². The molecule has 6 heteroatoms. The molecule has 0 bridgehead atoms. The number of rotatable bonds is 8. The summed E-state index contributed by atoms with van der Waals surface area (Å²) < 4.78 is 5.22. The molecule has 1 unspecified atom stereocenters. The Balaban J connectivity index is 2.00. The van der Waals surface area contributed by atoms with E-state index in [1.165, 1.54) is 13.0 Å². The van der Waals surface area contributed by atoms with Crippen molar-refractivity contribution >= 4 is 17.4 Å². The molecule has 2 rings (SSSR count). The van der Waals surface area contributed by atoms with Gasteiger partial charge in [0.25, 0.3) is 5.69 Å². The van der Waals surface area contributed by atoms with E-state index in [1.54, 1.807) is 18.2 Å². The third-order valence-electron chi connectivity index (χ3n) is 3.89. The van der Waals surface area contributed by atoms with Crippen LogP contribution in [0.2, 0.25) is 0 Å². The van der Waals surface area contributed by atoms with Gasteiger partial charge in [0.2, 0.25) is 0 Å². The van der Waals surface area contributed by atoms with Gasteiger partial charge >= 0.3 is 5.97 Å². The molecule has 0 saturated heterocycles. The molecule has 0 radical (unpaired) electrons. The van der Waals surface area contributed by atoms with Crippen LogP contribution in [0.25, 0.3) is 0 Å². The Kier molecular flexibility index (Phi) is 6.39. The molecule has 0 fully saturated rings. The second kappa shape index (κ2) is 8.73. The molecule has 1 atom stereocenters. The number of esters is 1. The van der Waals surface area contributed by atoms with Gasteiger partial charge in [-0.2, -0.15) is 0 Å². The third-order valence-corrected chi connectivity index (χ3v) is 3.89. The number of aryl methyl sites for hydroxylation is 1. The topological polar surface area (TPSA) is 86.5 Å². The van der Waals surface area contributed by atoms with Gasteiger partial charge in [-0.15, -0.1) is 0 Å². The van der Waals surface area contributed by atoms with E-state index in [2.05, 4.69) is 0 Å². The fourth-order valence-corrected chi connectivity index (χ4v) is 2.52. The van der Waals surface area contributed by atoms with Crippen LogP contribution in [0.4, 0.5) is 5.69 Å². The Labute approximate surface area is 145 Å². The molecule has 0 aliphatic rings. The third kappa shape index (κ3) is 5.24. The lowest BCUT2D eigenvalue weighted by molar-refractivity contribution is -0.385. The Bertz CT molecular complexity index is 757. The van der Waals surface area contributed by atoms with Crippen LogP contribution in [0.1, 0.15) is 24.5 Å². The van der Waals surface area contributed by atoms with Gasteiger partial charge in [0.15, 0.2) is 0 Å². The maximum Gasteiger partial charge on any atom is 0.316 e. The van der Waals surface area contributed by atoms with Crippen LogP contribution in [0.15, 0.2) is 54.6 Å². The number of hydrogen-bond donors (Lipinski definition) is 0. The maximum atomic E-state index is 12.2. The van der Waals surface area contributed by atoms with Crippen LogP contribution in [-0.2, 0) is 27.4 Å². The van der Waals surface area contributed by atoms with Crippen molar-refractivity contribution in [3.8, 4) is 0 Å². The molecule has 0 spiro atoms. The number of Topliss-reactive ketones (excluding diaryl/α,β-unsaturated/α-hetero) is 1. The van der Waals surface area contributed by atoms with E-state index in [9.17, 15) is 19.7 Å². The quantitative estimate of drug-likeness (QED) is 0.317. The van der Waals surface area contributed by atoms with Crippen molar-refractivity contribution in [3.63, 3.8) is 0 Å². The number of carbonyl (C=O) groups excluding carboxylic acids is 2. The highest BCUT2D eigenvalue weighted by molar-refractivity contribution is 5.97. The lowest BCUT2D eigenvalue weighted by Crippen LogP contribution is -2.25.